The minimum absolute atomic E-state index is 0.946. The van der Waals surface area contributed by atoms with E-state index in [4.69, 9.17) is 0 Å². The minimum atomic E-state index is 0.946. The molecule has 0 heterocycles. The van der Waals surface area contributed by atoms with Crippen LogP contribution in [0.1, 0.15) is 72.1 Å². The molecule has 0 radical (unpaired) electrons. The Kier molecular flexibility index (Phi) is 5.59. The normalized spacial score (nSPS) is 31.9. The van der Waals surface area contributed by atoms with Crippen molar-refractivity contribution in [3.63, 3.8) is 0 Å². The molecule has 0 aliphatic heterocycles. The van der Waals surface area contributed by atoms with Crippen LogP contribution in [0.4, 0.5) is 0 Å². The highest BCUT2D eigenvalue weighted by atomic mass is 14.3. The predicted molar refractivity (Wildman–Crippen MR) is 64.4 cm³/mol. The summed E-state index contributed by atoms with van der Waals surface area (Å²) in [5, 5.41) is 0. The second-order valence-corrected chi connectivity index (χ2v) is 5.48. The lowest BCUT2D eigenvalue weighted by Crippen LogP contribution is -2.16. The maximum absolute atomic E-state index is 2.48. The van der Waals surface area contributed by atoms with Gasteiger partial charge in [0, 0.05) is 0 Å². The second-order valence-electron chi connectivity index (χ2n) is 5.48. The Bertz CT molecular complexity index is 139. The molecule has 0 aromatic carbocycles. The fraction of sp³-hybridized carbons (Fsp3) is 1.00. The largest absolute Gasteiger partial charge is 0.0651 e. The molecule has 1 fully saturated rings. The fourth-order valence-electron chi connectivity index (χ4n) is 2.78. The lowest BCUT2D eigenvalue weighted by molar-refractivity contribution is 0.234. The smallest absolute Gasteiger partial charge is 0.0386 e. The molecule has 84 valence electrons. The first-order valence-corrected chi connectivity index (χ1v) is 6.74. The molecule has 3 atom stereocenters. The fourth-order valence-corrected chi connectivity index (χ4v) is 2.78. The third-order valence-electron chi connectivity index (χ3n) is 4.19. The van der Waals surface area contributed by atoms with Gasteiger partial charge in [0.1, 0.15) is 0 Å². The van der Waals surface area contributed by atoms with Crippen LogP contribution < -0.4 is 0 Å². The van der Waals surface area contributed by atoms with Crippen molar-refractivity contribution in [1.82, 2.24) is 0 Å². The van der Waals surface area contributed by atoms with Crippen molar-refractivity contribution in [2.24, 2.45) is 17.8 Å². The van der Waals surface area contributed by atoms with Crippen LogP contribution in [0.15, 0.2) is 0 Å². The zero-order chi connectivity index (χ0) is 10.4. The number of hydrogen-bond donors (Lipinski definition) is 0. The molecule has 1 saturated carbocycles. The highest BCUT2D eigenvalue weighted by Crippen LogP contribution is 2.32. The summed E-state index contributed by atoms with van der Waals surface area (Å²) in [4.78, 5) is 0. The first-order valence-electron chi connectivity index (χ1n) is 6.74. The van der Waals surface area contributed by atoms with E-state index >= 15 is 0 Å². The van der Waals surface area contributed by atoms with Crippen molar-refractivity contribution in [3.05, 3.63) is 0 Å². The Morgan fingerprint density at radius 3 is 2.36 bits per heavy atom. The SMILES string of the molecule is CCC(C)CC1CCCCCCC1C. The van der Waals surface area contributed by atoms with Crippen molar-refractivity contribution in [3.8, 4) is 0 Å². The average Bonchev–Trinajstić information content (AvgIpc) is 2.17. The topological polar surface area (TPSA) is 0 Å². The van der Waals surface area contributed by atoms with Crippen LogP contribution in [0.3, 0.4) is 0 Å². The summed E-state index contributed by atoms with van der Waals surface area (Å²) in [6.45, 7) is 7.24. The van der Waals surface area contributed by atoms with E-state index in [0.29, 0.717) is 0 Å². The molecule has 1 aliphatic rings. The van der Waals surface area contributed by atoms with E-state index in [1.54, 1.807) is 0 Å². The van der Waals surface area contributed by atoms with Gasteiger partial charge in [0.25, 0.3) is 0 Å². The van der Waals surface area contributed by atoms with Crippen LogP contribution in [-0.4, -0.2) is 0 Å². The third-order valence-corrected chi connectivity index (χ3v) is 4.19. The van der Waals surface area contributed by atoms with Gasteiger partial charge in [-0.2, -0.15) is 0 Å². The zero-order valence-corrected chi connectivity index (χ0v) is 10.4. The van der Waals surface area contributed by atoms with Gasteiger partial charge in [-0.1, -0.05) is 65.7 Å². The van der Waals surface area contributed by atoms with Crippen LogP contribution >= 0.6 is 0 Å². The van der Waals surface area contributed by atoms with Crippen molar-refractivity contribution in [2.45, 2.75) is 72.1 Å². The standard InChI is InChI=1S/C14H28/c1-4-12(2)11-14-10-8-6-5-7-9-13(14)3/h12-14H,4-11H2,1-3H3. The molecule has 3 unspecified atom stereocenters. The van der Waals surface area contributed by atoms with Crippen LogP contribution in [0, 0.1) is 17.8 Å². The van der Waals surface area contributed by atoms with Gasteiger partial charge in [-0.25, -0.2) is 0 Å². The molecule has 0 aromatic heterocycles. The van der Waals surface area contributed by atoms with E-state index in [1.807, 2.05) is 0 Å². The van der Waals surface area contributed by atoms with Gasteiger partial charge in [-0.15, -0.1) is 0 Å². The Hall–Kier alpha value is 0. The Morgan fingerprint density at radius 2 is 1.71 bits per heavy atom. The third kappa shape index (κ3) is 4.02. The van der Waals surface area contributed by atoms with Gasteiger partial charge >= 0.3 is 0 Å². The van der Waals surface area contributed by atoms with E-state index < -0.39 is 0 Å². The summed E-state index contributed by atoms with van der Waals surface area (Å²) in [5.41, 5.74) is 0. The molecule has 0 heteroatoms. The van der Waals surface area contributed by atoms with Gasteiger partial charge in [0.15, 0.2) is 0 Å². The van der Waals surface area contributed by atoms with E-state index in [1.165, 1.54) is 51.4 Å². The average molecular weight is 196 g/mol. The van der Waals surface area contributed by atoms with Crippen LogP contribution in [0.5, 0.6) is 0 Å². The van der Waals surface area contributed by atoms with Crippen molar-refractivity contribution in [1.29, 1.82) is 0 Å². The van der Waals surface area contributed by atoms with Gasteiger partial charge < -0.3 is 0 Å². The van der Waals surface area contributed by atoms with Gasteiger partial charge in [-0.05, 0) is 24.2 Å². The van der Waals surface area contributed by atoms with Crippen LogP contribution in [-0.2, 0) is 0 Å². The molecular weight excluding hydrogens is 168 g/mol. The van der Waals surface area contributed by atoms with Gasteiger partial charge in [-0.3, -0.25) is 0 Å². The molecule has 0 N–H and O–H groups in total. The Morgan fingerprint density at radius 1 is 1.07 bits per heavy atom. The first-order chi connectivity index (χ1) is 6.74. The molecule has 0 aromatic rings. The maximum Gasteiger partial charge on any atom is -0.0386 e. The Labute approximate surface area is 90.5 Å². The first kappa shape index (κ1) is 12.1. The molecule has 1 rings (SSSR count). The highest BCUT2D eigenvalue weighted by molar-refractivity contribution is 4.71. The molecule has 0 nitrogen and oxygen atoms in total. The van der Waals surface area contributed by atoms with Crippen molar-refractivity contribution in [2.75, 3.05) is 0 Å². The minimum Gasteiger partial charge on any atom is -0.0651 e. The van der Waals surface area contributed by atoms with Gasteiger partial charge in [0.2, 0.25) is 0 Å². The van der Waals surface area contributed by atoms with E-state index in [2.05, 4.69) is 20.8 Å². The van der Waals surface area contributed by atoms with Crippen molar-refractivity contribution >= 4 is 0 Å². The lowest BCUT2D eigenvalue weighted by atomic mass is 9.78. The van der Waals surface area contributed by atoms with Gasteiger partial charge in [0.05, 0.1) is 0 Å². The van der Waals surface area contributed by atoms with E-state index in [0.717, 1.165) is 17.8 Å². The summed E-state index contributed by atoms with van der Waals surface area (Å²) in [6, 6.07) is 0. The summed E-state index contributed by atoms with van der Waals surface area (Å²) >= 11 is 0. The van der Waals surface area contributed by atoms with Crippen LogP contribution in [0.2, 0.25) is 0 Å². The summed E-state index contributed by atoms with van der Waals surface area (Å²) < 4.78 is 0. The maximum atomic E-state index is 2.48. The number of hydrogen-bond acceptors (Lipinski definition) is 0. The van der Waals surface area contributed by atoms with Crippen LogP contribution in [0.25, 0.3) is 0 Å². The zero-order valence-electron chi connectivity index (χ0n) is 10.4. The molecule has 0 amide bonds. The molecular formula is C14H28. The molecule has 14 heavy (non-hydrogen) atoms. The Balaban J connectivity index is 2.37. The predicted octanol–water partition coefficient (Wildman–Crippen LogP) is 5.03. The van der Waals surface area contributed by atoms with Crippen molar-refractivity contribution < 1.29 is 0 Å². The summed E-state index contributed by atoms with van der Waals surface area (Å²) in [7, 11) is 0. The molecule has 1 aliphatic carbocycles. The summed E-state index contributed by atoms with van der Waals surface area (Å²) in [6.07, 6.45) is 11.8. The molecule has 0 saturated heterocycles. The lowest BCUT2D eigenvalue weighted by Gasteiger charge is -2.28. The summed E-state index contributed by atoms with van der Waals surface area (Å²) in [5.74, 6) is 2.97. The monoisotopic (exact) mass is 196 g/mol. The quantitative estimate of drug-likeness (QED) is 0.594. The highest BCUT2D eigenvalue weighted by Gasteiger charge is 2.20. The van der Waals surface area contributed by atoms with E-state index in [9.17, 15) is 0 Å². The van der Waals surface area contributed by atoms with E-state index in [-0.39, 0.29) is 0 Å². The second kappa shape index (κ2) is 6.48. The number of rotatable bonds is 3. The molecule has 0 spiro atoms. The molecule has 0 bridgehead atoms.